The van der Waals surface area contributed by atoms with Gasteiger partial charge in [0.1, 0.15) is 11.6 Å². The summed E-state index contributed by atoms with van der Waals surface area (Å²) in [5.74, 6) is -0.000103. The molecular weight excluding hydrogens is 405 g/mol. The molecule has 2 rings (SSSR count). The number of carbonyl (C=O) groups excluding carboxylic acids is 1. The van der Waals surface area contributed by atoms with E-state index >= 15 is 0 Å². The van der Waals surface area contributed by atoms with Gasteiger partial charge >= 0.3 is 0 Å². The van der Waals surface area contributed by atoms with Crippen LogP contribution >= 0.6 is 31.9 Å². The van der Waals surface area contributed by atoms with Gasteiger partial charge in [-0.3, -0.25) is 4.79 Å². The summed E-state index contributed by atoms with van der Waals surface area (Å²) in [5, 5.41) is 2.67. The quantitative estimate of drug-likeness (QED) is 0.798. The molecule has 110 valence electrons. The molecule has 3 nitrogen and oxygen atoms in total. The number of ether oxygens (including phenoxy) is 1. The van der Waals surface area contributed by atoms with E-state index in [0.717, 1.165) is 4.47 Å². The van der Waals surface area contributed by atoms with Crippen molar-refractivity contribution in [3.8, 4) is 5.75 Å². The number of benzene rings is 2. The van der Waals surface area contributed by atoms with Crippen LogP contribution in [0.3, 0.4) is 0 Å². The molecule has 0 unspecified atom stereocenters. The van der Waals surface area contributed by atoms with E-state index in [1.807, 2.05) is 12.1 Å². The van der Waals surface area contributed by atoms with E-state index < -0.39 is 0 Å². The largest absolute Gasteiger partial charge is 0.484 e. The Labute approximate surface area is 138 Å². The first-order valence-electron chi connectivity index (χ1n) is 6.13. The van der Waals surface area contributed by atoms with E-state index in [1.54, 1.807) is 18.2 Å². The van der Waals surface area contributed by atoms with Gasteiger partial charge in [0.2, 0.25) is 0 Å². The smallest absolute Gasteiger partial charge is 0.258 e. The maximum Gasteiger partial charge on any atom is 0.258 e. The minimum atomic E-state index is -0.347. The zero-order chi connectivity index (χ0) is 15.2. The van der Waals surface area contributed by atoms with Crippen LogP contribution in [0, 0.1) is 5.82 Å². The predicted molar refractivity (Wildman–Crippen MR) is 85.6 cm³/mol. The predicted octanol–water partition coefficient (Wildman–Crippen LogP) is 4.05. The molecule has 1 N–H and O–H groups in total. The summed E-state index contributed by atoms with van der Waals surface area (Å²) < 4.78 is 20.1. The van der Waals surface area contributed by atoms with Gasteiger partial charge in [0, 0.05) is 15.5 Å². The fourth-order valence-electron chi connectivity index (χ4n) is 1.64. The Bertz CT molecular complexity index is 612. The lowest BCUT2D eigenvalue weighted by molar-refractivity contribution is -0.123. The second kappa shape index (κ2) is 7.56. The fraction of sp³-hybridized carbons (Fsp3) is 0.133. The molecular formula is C15H12Br2FNO2. The Hall–Kier alpha value is -1.40. The molecule has 0 spiro atoms. The van der Waals surface area contributed by atoms with Crippen molar-refractivity contribution in [2.24, 2.45) is 0 Å². The average molecular weight is 417 g/mol. The van der Waals surface area contributed by atoms with Crippen molar-refractivity contribution in [1.82, 2.24) is 5.32 Å². The first kappa shape index (κ1) is 16.0. The number of halogens is 3. The van der Waals surface area contributed by atoms with Gasteiger partial charge < -0.3 is 10.1 Å². The van der Waals surface area contributed by atoms with Crippen molar-refractivity contribution in [3.05, 3.63) is 62.8 Å². The fourth-order valence-corrected chi connectivity index (χ4v) is 2.42. The number of nitrogens with one attached hydrogen (secondary N) is 1. The van der Waals surface area contributed by atoms with Gasteiger partial charge in [-0.2, -0.15) is 0 Å². The third-order valence-corrected chi connectivity index (χ3v) is 3.58. The summed E-state index contributed by atoms with van der Waals surface area (Å²) in [4.78, 5) is 11.7. The maximum atomic E-state index is 13.2. The van der Waals surface area contributed by atoms with E-state index in [2.05, 4.69) is 37.2 Å². The van der Waals surface area contributed by atoms with Crippen LogP contribution in [0.15, 0.2) is 51.4 Å². The lowest BCUT2D eigenvalue weighted by atomic mass is 10.2. The van der Waals surface area contributed by atoms with E-state index in [1.165, 1.54) is 12.1 Å². The molecule has 0 aliphatic heterocycles. The molecule has 0 radical (unpaired) electrons. The third-order valence-electron chi connectivity index (χ3n) is 2.60. The van der Waals surface area contributed by atoms with Gasteiger partial charge in [-0.1, -0.05) is 31.9 Å². The molecule has 0 fully saturated rings. The molecule has 0 saturated heterocycles. The minimum Gasteiger partial charge on any atom is -0.484 e. The van der Waals surface area contributed by atoms with Gasteiger partial charge in [-0.15, -0.1) is 0 Å². The first-order valence-corrected chi connectivity index (χ1v) is 7.71. The zero-order valence-electron chi connectivity index (χ0n) is 10.9. The monoisotopic (exact) mass is 415 g/mol. The van der Waals surface area contributed by atoms with E-state index in [4.69, 9.17) is 4.74 Å². The van der Waals surface area contributed by atoms with Gasteiger partial charge in [0.05, 0.1) is 0 Å². The van der Waals surface area contributed by atoms with Crippen molar-refractivity contribution in [2.75, 3.05) is 6.61 Å². The summed E-state index contributed by atoms with van der Waals surface area (Å²) in [6.07, 6.45) is 0. The molecule has 0 aliphatic carbocycles. The summed E-state index contributed by atoms with van der Waals surface area (Å²) in [6, 6.07) is 11.7. The molecule has 0 aromatic heterocycles. The second-order valence-corrected chi connectivity index (χ2v) is 6.13. The lowest BCUT2D eigenvalue weighted by Gasteiger charge is -2.08. The normalized spacial score (nSPS) is 10.2. The van der Waals surface area contributed by atoms with Gasteiger partial charge in [0.15, 0.2) is 6.61 Å². The van der Waals surface area contributed by atoms with E-state index in [-0.39, 0.29) is 24.9 Å². The van der Waals surface area contributed by atoms with Gasteiger partial charge in [-0.05, 0) is 48.0 Å². The van der Waals surface area contributed by atoms with Gasteiger partial charge in [-0.25, -0.2) is 4.39 Å². The lowest BCUT2D eigenvalue weighted by Crippen LogP contribution is -2.28. The summed E-state index contributed by atoms with van der Waals surface area (Å²) >= 11 is 6.52. The Morgan fingerprint density at radius 1 is 1.10 bits per heavy atom. The highest BCUT2D eigenvalue weighted by Crippen LogP contribution is 2.16. The molecule has 2 aromatic carbocycles. The number of hydrogen-bond acceptors (Lipinski definition) is 2. The summed E-state index contributed by atoms with van der Waals surface area (Å²) in [6.45, 7) is 0.164. The highest BCUT2D eigenvalue weighted by atomic mass is 79.9. The van der Waals surface area contributed by atoms with Crippen LogP contribution in [0.25, 0.3) is 0 Å². The highest BCUT2D eigenvalue weighted by Gasteiger charge is 2.04. The Balaban J connectivity index is 1.80. The molecule has 0 heterocycles. The van der Waals surface area contributed by atoms with Crippen LogP contribution in [0.1, 0.15) is 5.56 Å². The van der Waals surface area contributed by atoms with Crippen LogP contribution in [-0.4, -0.2) is 12.5 Å². The second-order valence-electron chi connectivity index (χ2n) is 4.30. The molecule has 0 bridgehead atoms. The third kappa shape index (κ3) is 5.47. The molecule has 0 saturated carbocycles. The van der Waals surface area contributed by atoms with Crippen LogP contribution in [0.2, 0.25) is 0 Å². The maximum absolute atomic E-state index is 13.2. The standard InChI is InChI=1S/C15H12Br2FNO2/c16-11-1-3-14(4-2-11)21-9-15(20)19-8-10-5-12(17)7-13(18)6-10/h1-7H,8-9H2,(H,19,20). The van der Waals surface area contributed by atoms with Crippen LogP contribution in [0.5, 0.6) is 5.75 Å². The topological polar surface area (TPSA) is 38.3 Å². The van der Waals surface area contributed by atoms with Crippen molar-refractivity contribution in [1.29, 1.82) is 0 Å². The zero-order valence-corrected chi connectivity index (χ0v) is 14.1. The number of carbonyl (C=O) groups is 1. The average Bonchev–Trinajstić information content (AvgIpc) is 2.43. The minimum absolute atomic E-state index is 0.0852. The molecule has 0 atom stereocenters. The van der Waals surface area contributed by atoms with E-state index in [9.17, 15) is 9.18 Å². The number of rotatable bonds is 5. The Morgan fingerprint density at radius 2 is 1.81 bits per heavy atom. The SMILES string of the molecule is O=C(COc1ccc(Br)cc1)NCc1cc(F)cc(Br)c1. The molecule has 21 heavy (non-hydrogen) atoms. The summed E-state index contributed by atoms with van der Waals surface area (Å²) in [5.41, 5.74) is 0.680. The number of hydrogen-bond donors (Lipinski definition) is 1. The molecule has 0 aliphatic rings. The Kier molecular flexibility index (Phi) is 5.76. The number of amides is 1. The summed E-state index contributed by atoms with van der Waals surface area (Å²) in [7, 11) is 0. The van der Waals surface area contributed by atoms with Crippen LogP contribution < -0.4 is 10.1 Å². The molecule has 1 amide bonds. The van der Waals surface area contributed by atoms with Crippen molar-refractivity contribution in [3.63, 3.8) is 0 Å². The highest BCUT2D eigenvalue weighted by molar-refractivity contribution is 9.10. The molecule has 2 aromatic rings. The van der Waals surface area contributed by atoms with Crippen molar-refractivity contribution >= 4 is 37.8 Å². The van der Waals surface area contributed by atoms with Crippen LogP contribution in [-0.2, 0) is 11.3 Å². The first-order chi connectivity index (χ1) is 10.0. The Morgan fingerprint density at radius 3 is 2.48 bits per heavy atom. The van der Waals surface area contributed by atoms with Gasteiger partial charge in [0.25, 0.3) is 5.91 Å². The molecule has 6 heteroatoms. The van der Waals surface area contributed by atoms with E-state index in [0.29, 0.717) is 15.8 Å². The van der Waals surface area contributed by atoms with Crippen molar-refractivity contribution < 1.29 is 13.9 Å². The van der Waals surface area contributed by atoms with Crippen LogP contribution in [0.4, 0.5) is 4.39 Å². The van der Waals surface area contributed by atoms with Crippen molar-refractivity contribution in [2.45, 2.75) is 6.54 Å².